The third kappa shape index (κ3) is 2.23. The van der Waals surface area contributed by atoms with E-state index in [0.29, 0.717) is 6.04 Å². The van der Waals surface area contributed by atoms with E-state index in [4.69, 9.17) is 0 Å². The molecule has 0 N–H and O–H groups in total. The molecule has 12 heavy (non-hydrogen) atoms. The van der Waals surface area contributed by atoms with Gasteiger partial charge in [-0.05, 0) is 33.6 Å². The molecule has 0 aliphatic carbocycles. The Morgan fingerprint density at radius 2 is 2.08 bits per heavy atom. The van der Waals surface area contributed by atoms with E-state index in [1.54, 1.807) is 0 Å². The standard InChI is InChI=1S/C10H20N2/c1-4-12(5-2)10-8-6-7-9(3)11-10/h9H,4-8H2,1-3H3. The van der Waals surface area contributed by atoms with E-state index in [9.17, 15) is 0 Å². The average molecular weight is 168 g/mol. The van der Waals surface area contributed by atoms with Crippen LogP contribution in [0.3, 0.4) is 0 Å². The van der Waals surface area contributed by atoms with Crippen LogP contribution in [0, 0.1) is 0 Å². The van der Waals surface area contributed by atoms with Crippen LogP contribution >= 0.6 is 0 Å². The summed E-state index contributed by atoms with van der Waals surface area (Å²) in [6.45, 7) is 8.81. The van der Waals surface area contributed by atoms with Gasteiger partial charge < -0.3 is 4.90 Å². The number of amidine groups is 1. The molecule has 2 heteroatoms. The maximum atomic E-state index is 4.67. The Kier molecular flexibility index (Phi) is 3.57. The predicted octanol–water partition coefficient (Wildman–Crippen LogP) is 2.30. The Bertz CT molecular complexity index is 159. The van der Waals surface area contributed by atoms with Gasteiger partial charge in [0.2, 0.25) is 0 Å². The molecule has 0 saturated heterocycles. The predicted molar refractivity (Wildman–Crippen MR) is 53.7 cm³/mol. The third-order valence-electron chi connectivity index (χ3n) is 2.52. The molecular weight excluding hydrogens is 148 g/mol. The van der Waals surface area contributed by atoms with Crippen LogP contribution in [-0.4, -0.2) is 29.9 Å². The van der Waals surface area contributed by atoms with E-state index in [-0.39, 0.29) is 0 Å². The summed E-state index contributed by atoms with van der Waals surface area (Å²) in [5.41, 5.74) is 0. The molecule has 0 radical (unpaired) electrons. The molecule has 1 aliphatic heterocycles. The molecule has 0 aromatic carbocycles. The quantitative estimate of drug-likeness (QED) is 0.617. The molecule has 1 aliphatic rings. The van der Waals surface area contributed by atoms with Crippen molar-refractivity contribution in [2.75, 3.05) is 13.1 Å². The lowest BCUT2D eigenvalue weighted by Gasteiger charge is -2.27. The molecule has 0 fully saturated rings. The van der Waals surface area contributed by atoms with E-state index in [1.165, 1.54) is 25.1 Å². The van der Waals surface area contributed by atoms with E-state index < -0.39 is 0 Å². The number of rotatable bonds is 2. The van der Waals surface area contributed by atoms with Crippen molar-refractivity contribution >= 4 is 5.84 Å². The monoisotopic (exact) mass is 168 g/mol. The minimum Gasteiger partial charge on any atom is -0.361 e. The normalized spacial score (nSPS) is 23.6. The zero-order valence-corrected chi connectivity index (χ0v) is 8.51. The summed E-state index contributed by atoms with van der Waals surface area (Å²) < 4.78 is 0. The number of aliphatic imine (C=N–C) groups is 1. The van der Waals surface area contributed by atoms with Crippen LogP contribution in [0.2, 0.25) is 0 Å². The highest BCUT2D eigenvalue weighted by Crippen LogP contribution is 2.14. The largest absolute Gasteiger partial charge is 0.361 e. The zero-order chi connectivity index (χ0) is 8.97. The van der Waals surface area contributed by atoms with Gasteiger partial charge in [-0.15, -0.1) is 0 Å². The molecule has 2 nitrogen and oxygen atoms in total. The van der Waals surface area contributed by atoms with Gasteiger partial charge in [-0.25, -0.2) is 0 Å². The van der Waals surface area contributed by atoms with Crippen LogP contribution < -0.4 is 0 Å². The van der Waals surface area contributed by atoms with Crippen LogP contribution in [-0.2, 0) is 0 Å². The summed E-state index contributed by atoms with van der Waals surface area (Å²) in [7, 11) is 0. The van der Waals surface area contributed by atoms with Gasteiger partial charge >= 0.3 is 0 Å². The smallest absolute Gasteiger partial charge is 0.0992 e. The summed E-state index contributed by atoms with van der Waals surface area (Å²) in [6.07, 6.45) is 3.77. The first-order valence-electron chi connectivity index (χ1n) is 5.09. The number of nitrogens with zero attached hydrogens (tertiary/aromatic N) is 2. The second-order valence-electron chi connectivity index (χ2n) is 3.46. The highest BCUT2D eigenvalue weighted by molar-refractivity contribution is 5.82. The lowest BCUT2D eigenvalue weighted by molar-refractivity contribution is 0.432. The highest BCUT2D eigenvalue weighted by Gasteiger charge is 2.14. The SMILES string of the molecule is CCN(CC)C1=NC(C)CCC1. The van der Waals surface area contributed by atoms with Crippen molar-refractivity contribution in [3.63, 3.8) is 0 Å². The minimum absolute atomic E-state index is 0.550. The first kappa shape index (κ1) is 9.56. The minimum atomic E-state index is 0.550. The fourth-order valence-corrected chi connectivity index (χ4v) is 1.77. The van der Waals surface area contributed by atoms with Crippen molar-refractivity contribution in [1.82, 2.24) is 4.90 Å². The average Bonchev–Trinajstić information content (AvgIpc) is 2.07. The lowest BCUT2D eigenvalue weighted by Crippen LogP contribution is -2.33. The third-order valence-corrected chi connectivity index (χ3v) is 2.52. The highest BCUT2D eigenvalue weighted by atomic mass is 15.2. The van der Waals surface area contributed by atoms with Gasteiger partial charge in [0.1, 0.15) is 0 Å². The first-order valence-corrected chi connectivity index (χ1v) is 5.09. The molecule has 0 aromatic heterocycles. The molecule has 1 atom stereocenters. The Morgan fingerprint density at radius 1 is 1.42 bits per heavy atom. The van der Waals surface area contributed by atoms with Gasteiger partial charge in [0.15, 0.2) is 0 Å². The van der Waals surface area contributed by atoms with E-state index in [1.807, 2.05) is 0 Å². The Morgan fingerprint density at radius 3 is 2.58 bits per heavy atom. The maximum Gasteiger partial charge on any atom is 0.0992 e. The Labute approximate surface area is 75.7 Å². The molecule has 1 unspecified atom stereocenters. The first-order chi connectivity index (χ1) is 5.77. The van der Waals surface area contributed by atoms with Gasteiger partial charge in [0.05, 0.1) is 5.84 Å². The van der Waals surface area contributed by atoms with Gasteiger partial charge in [-0.1, -0.05) is 0 Å². The maximum absolute atomic E-state index is 4.67. The van der Waals surface area contributed by atoms with Crippen molar-refractivity contribution in [2.24, 2.45) is 4.99 Å². The van der Waals surface area contributed by atoms with E-state index in [2.05, 4.69) is 30.7 Å². The summed E-state index contributed by atoms with van der Waals surface area (Å²) in [4.78, 5) is 7.04. The Balaban J connectivity index is 2.58. The Hall–Kier alpha value is -0.530. The number of hydrogen-bond donors (Lipinski definition) is 0. The van der Waals surface area contributed by atoms with Gasteiger partial charge in [-0.2, -0.15) is 0 Å². The van der Waals surface area contributed by atoms with Crippen molar-refractivity contribution in [2.45, 2.75) is 46.1 Å². The number of hydrogen-bond acceptors (Lipinski definition) is 2. The molecule has 70 valence electrons. The topological polar surface area (TPSA) is 15.6 Å². The second-order valence-corrected chi connectivity index (χ2v) is 3.46. The van der Waals surface area contributed by atoms with Crippen LogP contribution in [0.1, 0.15) is 40.0 Å². The second kappa shape index (κ2) is 4.48. The molecule has 1 rings (SSSR count). The summed E-state index contributed by atoms with van der Waals surface area (Å²) in [5, 5.41) is 0. The molecule has 0 amide bonds. The molecule has 0 saturated carbocycles. The molecular formula is C10H20N2. The van der Waals surface area contributed by atoms with Crippen LogP contribution in [0.15, 0.2) is 4.99 Å². The summed E-state index contributed by atoms with van der Waals surface area (Å²) >= 11 is 0. The van der Waals surface area contributed by atoms with E-state index in [0.717, 1.165) is 13.1 Å². The van der Waals surface area contributed by atoms with Gasteiger partial charge in [-0.3, -0.25) is 4.99 Å². The van der Waals surface area contributed by atoms with Crippen molar-refractivity contribution in [3.05, 3.63) is 0 Å². The van der Waals surface area contributed by atoms with Crippen LogP contribution in [0.4, 0.5) is 0 Å². The van der Waals surface area contributed by atoms with Gasteiger partial charge in [0.25, 0.3) is 0 Å². The summed E-state index contributed by atoms with van der Waals surface area (Å²) in [6, 6.07) is 0.550. The van der Waals surface area contributed by atoms with Crippen molar-refractivity contribution < 1.29 is 0 Å². The van der Waals surface area contributed by atoms with Gasteiger partial charge in [0, 0.05) is 25.6 Å². The molecule has 0 spiro atoms. The summed E-state index contributed by atoms with van der Waals surface area (Å²) in [5.74, 6) is 1.33. The van der Waals surface area contributed by atoms with Crippen LogP contribution in [0.25, 0.3) is 0 Å². The fourth-order valence-electron chi connectivity index (χ4n) is 1.77. The molecule has 0 aromatic rings. The van der Waals surface area contributed by atoms with Crippen molar-refractivity contribution in [3.8, 4) is 0 Å². The molecule has 0 bridgehead atoms. The van der Waals surface area contributed by atoms with E-state index >= 15 is 0 Å². The zero-order valence-electron chi connectivity index (χ0n) is 8.51. The van der Waals surface area contributed by atoms with Crippen molar-refractivity contribution in [1.29, 1.82) is 0 Å². The fraction of sp³-hybridized carbons (Fsp3) is 0.900. The van der Waals surface area contributed by atoms with Crippen LogP contribution in [0.5, 0.6) is 0 Å². The lowest BCUT2D eigenvalue weighted by atomic mass is 10.1. The molecule has 1 heterocycles.